The molecule has 0 spiro atoms. The number of hydrogen-bond donors (Lipinski definition) is 2. The molecule has 96 valence electrons. The molecule has 0 bridgehead atoms. The van der Waals surface area contributed by atoms with Crippen LogP contribution in [0.1, 0.15) is 20.8 Å². The first-order valence-corrected chi connectivity index (χ1v) is 5.64. The molecule has 1 heterocycles. The molecule has 0 fully saturated rings. The van der Waals surface area contributed by atoms with Crippen molar-refractivity contribution in [3.63, 3.8) is 0 Å². The van der Waals surface area contributed by atoms with E-state index in [9.17, 15) is 8.78 Å². The van der Waals surface area contributed by atoms with E-state index >= 15 is 0 Å². The van der Waals surface area contributed by atoms with Gasteiger partial charge in [-0.05, 0) is 39.0 Å². The molecule has 1 aromatic heterocycles. The lowest BCUT2D eigenvalue weighted by atomic mass is 10.1. The Morgan fingerprint density at radius 2 is 1.83 bits per heavy atom. The second-order valence-corrected chi connectivity index (χ2v) is 5.17. The first-order valence-electron chi connectivity index (χ1n) is 5.64. The minimum absolute atomic E-state index is 0.111. The van der Waals surface area contributed by atoms with Crippen LogP contribution < -0.4 is 5.32 Å². The van der Waals surface area contributed by atoms with Gasteiger partial charge in [0.2, 0.25) is 0 Å². The number of halogens is 2. The molecule has 0 aliphatic carbocycles. The molecular weight excluding hydrogens is 236 g/mol. The van der Waals surface area contributed by atoms with Crippen LogP contribution in [0.25, 0.3) is 11.3 Å². The number of H-pyrrole nitrogens is 1. The molecule has 3 nitrogen and oxygen atoms in total. The molecule has 0 saturated heterocycles. The molecule has 2 rings (SSSR count). The average molecular weight is 251 g/mol. The second kappa shape index (κ2) is 4.40. The number of aromatic amines is 1. The number of aromatic nitrogens is 2. The Labute approximate surface area is 104 Å². The topological polar surface area (TPSA) is 40.7 Å². The Hall–Kier alpha value is -1.91. The van der Waals surface area contributed by atoms with Crippen LogP contribution in [0.4, 0.5) is 14.6 Å². The van der Waals surface area contributed by atoms with Crippen LogP contribution >= 0.6 is 0 Å². The van der Waals surface area contributed by atoms with Crippen molar-refractivity contribution in [3.05, 3.63) is 35.9 Å². The summed E-state index contributed by atoms with van der Waals surface area (Å²) < 4.78 is 25.9. The normalized spacial score (nSPS) is 11.6. The largest absolute Gasteiger partial charge is 0.364 e. The van der Waals surface area contributed by atoms with Crippen molar-refractivity contribution in [2.24, 2.45) is 0 Å². The summed E-state index contributed by atoms with van der Waals surface area (Å²) in [6.07, 6.45) is 0. The van der Waals surface area contributed by atoms with Crippen molar-refractivity contribution in [1.29, 1.82) is 0 Å². The maximum Gasteiger partial charge on any atom is 0.159 e. The monoisotopic (exact) mass is 251 g/mol. The highest BCUT2D eigenvalue weighted by Crippen LogP contribution is 2.23. The SMILES string of the molecule is CC(C)(C)Nc1cc(-c2ccc(F)c(F)c2)[nH]n1. The molecular formula is C13H15F2N3. The second-order valence-electron chi connectivity index (χ2n) is 5.17. The Bertz CT molecular complexity index is 556. The Kier molecular flexibility index (Phi) is 3.07. The van der Waals surface area contributed by atoms with Gasteiger partial charge in [-0.15, -0.1) is 0 Å². The summed E-state index contributed by atoms with van der Waals surface area (Å²) in [6, 6.07) is 5.51. The maximum absolute atomic E-state index is 13.1. The van der Waals surface area contributed by atoms with Gasteiger partial charge in [-0.2, -0.15) is 5.10 Å². The molecule has 0 aliphatic heterocycles. The predicted molar refractivity (Wildman–Crippen MR) is 67.3 cm³/mol. The molecule has 2 N–H and O–H groups in total. The average Bonchev–Trinajstić information content (AvgIpc) is 2.68. The fourth-order valence-electron chi connectivity index (χ4n) is 1.58. The fourth-order valence-corrected chi connectivity index (χ4v) is 1.58. The van der Waals surface area contributed by atoms with E-state index in [1.807, 2.05) is 20.8 Å². The van der Waals surface area contributed by atoms with E-state index in [0.29, 0.717) is 17.1 Å². The van der Waals surface area contributed by atoms with Gasteiger partial charge in [0.1, 0.15) is 5.82 Å². The molecule has 0 amide bonds. The third kappa shape index (κ3) is 2.85. The fraction of sp³-hybridized carbons (Fsp3) is 0.308. The van der Waals surface area contributed by atoms with Crippen LogP contribution in [0.5, 0.6) is 0 Å². The standard InChI is InChI=1S/C13H15F2N3/c1-13(2,3)16-12-7-11(17-18-12)8-4-5-9(14)10(15)6-8/h4-7H,1-3H3,(H2,16,17,18). The van der Waals surface area contributed by atoms with Crippen LogP contribution in [0, 0.1) is 11.6 Å². The summed E-state index contributed by atoms with van der Waals surface area (Å²) in [5.41, 5.74) is 1.09. The van der Waals surface area contributed by atoms with E-state index in [0.717, 1.165) is 12.1 Å². The van der Waals surface area contributed by atoms with E-state index in [2.05, 4.69) is 15.5 Å². The van der Waals surface area contributed by atoms with Gasteiger partial charge in [0.25, 0.3) is 0 Å². The van der Waals surface area contributed by atoms with Crippen molar-refractivity contribution in [3.8, 4) is 11.3 Å². The lowest BCUT2D eigenvalue weighted by Crippen LogP contribution is -2.26. The summed E-state index contributed by atoms with van der Waals surface area (Å²) in [7, 11) is 0. The van der Waals surface area contributed by atoms with Gasteiger partial charge in [0.05, 0.1) is 5.69 Å². The minimum Gasteiger partial charge on any atom is -0.364 e. The Balaban J connectivity index is 2.26. The summed E-state index contributed by atoms with van der Waals surface area (Å²) in [6.45, 7) is 6.04. The maximum atomic E-state index is 13.1. The Morgan fingerprint density at radius 1 is 1.11 bits per heavy atom. The van der Waals surface area contributed by atoms with E-state index in [-0.39, 0.29) is 5.54 Å². The molecule has 0 atom stereocenters. The van der Waals surface area contributed by atoms with Crippen LogP contribution in [0.2, 0.25) is 0 Å². The van der Waals surface area contributed by atoms with Gasteiger partial charge in [-0.25, -0.2) is 8.78 Å². The van der Waals surface area contributed by atoms with E-state index in [4.69, 9.17) is 0 Å². The van der Waals surface area contributed by atoms with Gasteiger partial charge < -0.3 is 5.32 Å². The minimum atomic E-state index is -0.868. The van der Waals surface area contributed by atoms with E-state index in [1.54, 1.807) is 6.07 Å². The van der Waals surface area contributed by atoms with Crippen molar-refractivity contribution in [2.45, 2.75) is 26.3 Å². The van der Waals surface area contributed by atoms with Crippen molar-refractivity contribution < 1.29 is 8.78 Å². The molecule has 0 aliphatic rings. The van der Waals surface area contributed by atoms with Gasteiger partial charge in [0, 0.05) is 17.2 Å². The lowest BCUT2D eigenvalue weighted by molar-refractivity contribution is 0.509. The van der Waals surface area contributed by atoms with E-state index in [1.165, 1.54) is 6.07 Å². The van der Waals surface area contributed by atoms with Gasteiger partial charge in [-0.1, -0.05) is 0 Å². The lowest BCUT2D eigenvalue weighted by Gasteiger charge is -2.19. The Morgan fingerprint density at radius 3 is 2.44 bits per heavy atom. The number of anilines is 1. The smallest absolute Gasteiger partial charge is 0.159 e. The van der Waals surface area contributed by atoms with Gasteiger partial charge >= 0.3 is 0 Å². The zero-order chi connectivity index (χ0) is 13.3. The number of benzene rings is 1. The molecule has 0 unspecified atom stereocenters. The zero-order valence-electron chi connectivity index (χ0n) is 10.5. The molecule has 1 aromatic carbocycles. The third-order valence-corrected chi connectivity index (χ3v) is 2.31. The predicted octanol–water partition coefficient (Wildman–Crippen LogP) is 3.57. The van der Waals surface area contributed by atoms with Crippen molar-refractivity contribution in [1.82, 2.24) is 10.2 Å². The molecule has 5 heteroatoms. The molecule has 18 heavy (non-hydrogen) atoms. The highest BCUT2D eigenvalue weighted by Gasteiger charge is 2.12. The zero-order valence-corrected chi connectivity index (χ0v) is 10.5. The molecule has 2 aromatic rings. The number of nitrogens with zero attached hydrogens (tertiary/aromatic N) is 1. The summed E-state index contributed by atoms with van der Waals surface area (Å²) in [5.74, 6) is -1.05. The molecule has 0 radical (unpaired) electrons. The summed E-state index contributed by atoms with van der Waals surface area (Å²) in [5, 5.41) is 10.1. The van der Waals surface area contributed by atoms with Crippen LogP contribution in [0.15, 0.2) is 24.3 Å². The third-order valence-electron chi connectivity index (χ3n) is 2.31. The highest BCUT2D eigenvalue weighted by atomic mass is 19.2. The number of hydrogen-bond acceptors (Lipinski definition) is 2. The number of rotatable bonds is 2. The van der Waals surface area contributed by atoms with Crippen LogP contribution in [-0.2, 0) is 0 Å². The molecule has 0 saturated carbocycles. The quantitative estimate of drug-likeness (QED) is 0.856. The van der Waals surface area contributed by atoms with Crippen LogP contribution in [-0.4, -0.2) is 15.7 Å². The van der Waals surface area contributed by atoms with Crippen molar-refractivity contribution >= 4 is 5.82 Å². The first-order chi connectivity index (χ1) is 8.35. The van der Waals surface area contributed by atoms with Crippen molar-refractivity contribution in [2.75, 3.05) is 5.32 Å². The van der Waals surface area contributed by atoms with Crippen LogP contribution in [0.3, 0.4) is 0 Å². The van der Waals surface area contributed by atoms with E-state index < -0.39 is 11.6 Å². The first kappa shape index (κ1) is 12.5. The number of nitrogens with one attached hydrogen (secondary N) is 2. The van der Waals surface area contributed by atoms with Gasteiger partial charge in [0.15, 0.2) is 11.6 Å². The highest BCUT2D eigenvalue weighted by molar-refractivity contribution is 5.63. The summed E-state index contributed by atoms with van der Waals surface area (Å²) >= 11 is 0. The van der Waals surface area contributed by atoms with Gasteiger partial charge in [-0.3, -0.25) is 5.10 Å². The summed E-state index contributed by atoms with van der Waals surface area (Å²) in [4.78, 5) is 0.